The van der Waals surface area contributed by atoms with E-state index in [4.69, 9.17) is 4.98 Å². The molecule has 0 radical (unpaired) electrons. The van der Waals surface area contributed by atoms with Crippen LogP contribution in [0.3, 0.4) is 0 Å². The van der Waals surface area contributed by atoms with Crippen LogP contribution in [0.5, 0.6) is 0 Å². The summed E-state index contributed by atoms with van der Waals surface area (Å²) in [5.41, 5.74) is 4.63. The van der Waals surface area contributed by atoms with Crippen LogP contribution in [-0.4, -0.2) is 17.0 Å². The number of rotatable bonds is 4. The van der Waals surface area contributed by atoms with E-state index in [1.807, 2.05) is 31.6 Å². The highest BCUT2D eigenvalue weighted by Gasteiger charge is 2.14. The van der Waals surface area contributed by atoms with Gasteiger partial charge in [-0.1, -0.05) is 30.3 Å². The molecule has 0 saturated carbocycles. The number of hydrogen-bond acceptors (Lipinski definition) is 4. The third-order valence-electron chi connectivity index (χ3n) is 3.33. The van der Waals surface area contributed by atoms with E-state index in [1.165, 1.54) is 10.4 Å². The number of nitrogens with zero attached hydrogens (tertiary/aromatic N) is 2. The van der Waals surface area contributed by atoms with Crippen LogP contribution >= 0.6 is 11.3 Å². The first-order chi connectivity index (χ1) is 10.3. The number of pyridine rings is 1. The Bertz CT molecular complexity index is 735. The maximum Gasteiger partial charge on any atom is 0.124 e. The standard InChI is InChI=1S/C17H17N3S/c1-12-10-19-9-8-14(12)17-20-15(11-18-2)16(21-17)13-6-4-3-5-7-13/h3-10,18H,11H2,1-2H3. The number of aryl methyl sites for hydroxylation is 1. The van der Waals surface area contributed by atoms with E-state index in [-0.39, 0.29) is 0 Å². The normalized spacial score (nSPS) is 10.8. The molecule has 0 unspecified atom stereocenters. The lowest BCUT2D eigenvalue weighted by Gasteiger charge is -2.00. The third kappa shape index (κ3) is 2.86. The summed E-state index contributed by atoms with van der Waals surface area (Å²) in [6.45, 7) is 2.84. The highest BCUT2D eigenvalue weighted by Crippen LogP contribution is 2.36. The summed E-state index contributed by atoms with van der Waals surface area (Å²) in [5, 5.41) is 4.26. The Hall–Kier alpha value is -2.04. The summed E-state index contributed by atoms with van der Waals surface area (Å²) in [4.78, 5) is 10.2. The summed E-state index contributed by atoms with van der Waals surface area (Å²) in [6.07, 6.45) is 3.71. The van der Waals surface area contributed by atoms with Gasteiger partial charge in [0.25, 0.3) is 0 Å². The monoisotopic (exact) mass is 295 g/mol. The Balaban J connectivity index is 2.11. The van der Waals surface area contributed by atoms with Gasteiger partial charge >= 0.3 is 0 Å². The molecule has 2 heterocycles. The van der Waals surface area contributed by atoms with Crippen molar-refractivity contribution in [3.63, 3.8) is 0 Å². The van der Waals surface area contributed by atoms with E-state index in [0.29, 0.717) is 0 Å². The van der Waals surface area contributed by atoms with Crippen LogP contribution in [0.1, 0.15) is 11.3 Å². The van der Waals surface area contributed by atoms with Crippen molar-refractivity contribution in [1.82, 2.24) is 15.3 Å². The van der Waals surface area contributed by atoms with Crippen molar-refractivity contribution in [2.75, 3.05) is 7.05 Å². The highest BCUT2D eigenvalue weighted by atomic mass is 32.1. The fraction of sp³-hybridized carbons (Fsp3) is 0.176. The van der Waals surface area contributed by atoms with Crippen molar-refractivity contribution in [2.24, 2.45) is 0 Å². The number of benzene rings is 1. The Kier molecular flexibility index (Phi) is 4.08. The van der Waals surface area contributed by atoms with Gasteiger partial charge in [0, 0.05) is 24.5 Å². The maximum atomic E-state index is 4.84. The molecule has 3 rings (SSSR count). The number of nitrogens with one attached hydrogen (secondary N) is 1. The fourth-order valence-corrected chi connectivity index (χ4v) is 3.46. The molecule has 2 aromatic heterocycles. The first-order valence-corrected chi connectivity index (χ1v) is 7.72. The maximum absolute atomic E-state index is 4.84. The second-order valence-corrected chi connectivity index (χ2v) is 5.88. The van der Waals surface area contributed by atoms with E-state index in [9.17, 15) is 0 Å². The molecule has 1 aromatic carbocycles. The van der Waals surface area contributed by atoms with Gasteiger partial charge in [-0.15, -0.1) is 11.3 Å². The van der Waals surface area contributed by atoms with Crippen LogP contribution in [0.4, 0.5) is 0 Å². The molecule has 0 amide bonds. The SMILES string of the molecule is CNCc1nc(-c2ccncc2C)sc1-c1ccccc1. The fourth-order valence-electron chi connectivity index (χ4n) is 2.28. The molecule has 0 atom stereocenters. The van der Waals surface area contributed by atoms with Crippen molar-refractivity contribution in [3.05, 3.63) is 60.0 Å². The molecule has 0 spiro atoms. The Morgan fingerprint density at radius 1 is 1.14 bits per heavy atom. The molecule has 0 aliphatic carbocycles. The van der Waals surface area contributed by atoms with Crippen LogP contribution in [-0.2, 0) is 6.54 Å². The number of hydrogen-bond donors (Lipinski definition) is 1. The van der Waals surface area contributed by atoms with Gasteiger partial charge in [-0.2, -0.15) is 0 Å². The summed E-state index contributed by atoms with van der Waals surface area (Å²) < 4.78 is 0. The molecule has 0 fully saturated rings. The molecule has 1 N–H and O–H groups in total. The van der Waals surface area contributed by atoms with Gasteiger partial charge in [-0.05, 0) is 31.2 Å². The topological polar surface area (TPSA) is 37.8 Å². The van der Waals surface area contributed by atoms with Gasteiger partial charge in [0.05, 0.1) is 10.6 Å². The van der Waals surface area contributed by atoms with E-state index in [2.05, 4.69) is 41.5 Å². The van der Waals surface area contributed by atoms with Crippen molar-refractivity contribution >= 4 is 11.3 Å². The zero-order valence-electron chi connectivity index (χ0n) is 12.1. The van der Waals surface area contributed by atoms with E-state index in [1.54, 1.807) is 11.3 Å². The van der Waals surface area contributed by atoms with E-state index in [0.717, 1.165) is 28.4 Å². The Morgan fingerprint density at radius 2 is 1.95 bits per heavy atom. The minimum Gasteiger partial charge on any atom is -0.314 e. The van der Waals surface area contributed by atoms with Crippen LogP contribution in [0, 0.1) is 6.92 Å². The van der Waals surface area contributed by atoms with Crippen molar-refractivity contribution in [3.8, 4) is 21.0 Å². The molecular weight excluding hydrogens is 278 g/mol. The molecule has 4 heteroatoms. The van der Waals surface area contributed by atoms with Gasteiger partial charge in [0.15, 0.2) is 0 Å². The summed E-state index contributed by atoms with van der Waals surface area (Å²) >= 11 is 1.74. The average molecular weight is 295 g/mol. The zero-order valence-corrected chi connectivity index (χ0v) is 12.9. The largest absolute Gasteiger partial charge is 0.314 e. The predicted octanol–water partition coefficient (Wildman–Crippen LogP) is 3.90. The van der Waals surface area contributed by atoms with Gasteiger partial charge in [0.2, 0.25) is 0 Å². The summed E-state index contributed by atoms with van der Waals surface area (Å²) in [6, 6.07) is 12.5. The van der Waals surface area contributed by atoms with E-state index >= 15 is 0 Å². The smallest absolute Gasteiger partial charge is 0.124 e. The number of thiazole rings is 1. The number of aromatic nitrogens is 2. The average Bonchev–Trinajstić information content (AvgIpc) is 2.93. The highest BCUT2D eigenvalue weighted by molar-refractivity contribution is 7.18. The quantitative estimate of drug-likeness (QED) is 0.793. The second-order valence-electron chi connectivity index (χ2n) is 4.88. The van der Waals surface area contributed by atoms with Gasteiger partial charge in [0.1, 0.15) is 5.01 Å². The first-order valence-electron chi connectivity index (χ1n) is 6.90. The van der Waals surface area contributed by atoms with Crippen LogP contribution in [0.2, 0.25) is 0 Å². The predicted molar refractivity (Wildman–Crippen MR) is 88.3 cm³/mol. The van der Waals surface area contributed by atoms with Crippen molar-refractivity contribution in [1.29, 1.82) is 0 Å². The van der Waals surface area contributed by atoms with Gasteiger partial charge < -0.3 is 5.32 Å². The van der Waals surface area contributed by atoms with Crippen molar-refractivity contribution in [2.45, 2.75) is 13.5 Å². The molecule has 3 nitrogen and oxygen atoms in total. The third-order valence-corrected chi connectivity index (χ3v) is 4.51. The molecule has 3 aromatic rings. The zero-order chi connectivity index (χ0) is 14.7. The minimum atomic E-state index is 0.769. The first kappa shape index (κ1) is 13.9. The molecule has 106 valence electrons. The Labute approximate surface area is 128 Å². The van der Waals surface area contributed by atoms with E-state index < -0.39 is 0 Å². The van der Waals surface area contributed by atoms with Gasteiger partial charge in [-0.25, -0.2) is 4.98 Å². The summed E-state index contributed by atoms with van der Waals surface area (Å²) in [7, 11) is 1.95. The lowest BCUT2D eigenvalue weighted by atomic mass is 10.1. The molecule has 0 bridgehead atoms. The minimum absolute atomic E-state index is 0.769. The van der Waals surface area contributed by atoms with Crippen molar-refractivity contribution < 1.29 is 0 Å². The molecule has 0 saturated heterocycles. The van der Waals surface area contributed by atoms with Crippen LogP contribution < -0.4 is 5.32 Å². The Morgan fingerprint density at radius 3 is 2.67 bits per heavy atom. The molecular formula is C17H17N3S. The lowest BCUT2D eigenvalue weighted by Crippen LogP contribution is -2.06. The summed E-state index contributed by atoms with van der Waals surface area (Å²) in [5.74, 6) is 0. The second kappa shape index (κ2) is 6.16. The van der Waals surface area contributed by atoms with Crippen LogP contribution in [0.15, 0.2) is 48.8 Å². The molecule has 0 aliphatic rings. The van der Waals surface area contributed by atoms with Gasteiger partial charge in [-0.3, -0.25) is 4.98 Å². The molecule has 0 aliphatic heterocycles. The lowest BCUT2D eigenvalue weighted by molar-refractivity contribution is 0.799. The molecule has 21 heavy (non-hydrogen) atoms. The van der Waals surface area contributed by atoms with Crippen LogP contribution in [0.25, 0.3) is 21.0 Å².